The van der Waals surface area contributed by atoms with E-state index in [2.05, 4.69) is 15.2 Å². The zero-order chi connectivity index (χ0) is 21.8. The van der Waals surface area contributed by atoms with Gasteiger partial charge in [-0.3, -0.25) is 4.79 Å². The molecular formula is C19H13ClF4N2O4. The SMILES string of the molecule is Cc1onc(C(=O)Nc2ccc(OC(F)F)c(Cl)c2)c1COc1ccc(F)cc1F. The summed E-state index contributed by atoms with van der Waals surface area (Å²) in [6, 6.07) is 6.48. The third-order valence-corrected chi connectivity index (χ3v) is 4.17. The molecule has 0 aliphatic rings. The largest absolute Gasteiger partial charge is 0.486 e. The van der Waals surface area contributed by atoms with Gasteiger partial charge in [0.05, 0.1) is 10.6 Å². The van der Waals surface area contributed by atoms with Gasteiger partial charge in [-0.05, 0) is 37.3 Å². The summed E-state index contributed by atoms with van der Waals surface area (Å²) in [5, 5.41) is 6.01. The molecule has 0 fully saturated rings. The third-order valence-electron chi connectivity index (χ3n) is 3.87. The normalized spacial score (nSPS) is 10.9. The van der Waals surface area contributed by atoms with Crippen molar-refractivity contribution < 1.29 is 36.4 Å². The number of anilines is 1. The molecule has 6 nitrogen and oxygen atoms in total. The van der Waals surface area contributed by atoms with Crippen LogP contribution in [0.1, 0.15) is 21.8 Å². The lowest BCUT2D eigenvalue weighted by molar-refractivity contribution is -0.0497. The highest BCUT2D eigenvalue weighted by Gasteiger charge is 2.21. The summed E-state index contributed by atoms with van der Waals surface area (Å²) >= 11 is 5.86. The van der Waals surface area contributed by atoms with E-state index in [4.69, 9.17) is 20.9 Å². The highest BCUT2D eigenvalue weighted by atomic mass is 35.5. The van der Waals surface area contributed by atoms with Gasteiger partial charge in [0.1, 0.15) is 23.9 Å². The fraction of sp³-hybridized carbons (Fsp3) is 0.158. The zero-order valence-corrected chi connectivity index (χ0v) is 16.0. The number of alkyl halides is 2. The minimum absolute atomic E-state index is 0.139. The Hall–Kier alpha value is -3.27. The van der Waals surface area contributed by atoms with Gasteiger partial charge in [0.25, 0.3) is 5.91 Å². The Balaban J connectivity index is 1.73. The minimum Gasteiger partial charge on any atom is -0.486 e. The topological polar surface area (TPSA) is 73.6 Å². The highest BCUT2D eigenvalue weighted by molar-refractivity contribution is 6.32. The Labute approximate surface area is 172 Å². The van der Waals surface area contributed by atoms with Gasteiger partial charge in [0, 0.05) is 11.8 Å². The van der Waals surface area contributed by atoms with Crippen molar-refractivity contribution in [3.8, 4) is 11.5 Å². The summed E-state index contributed by atoms with van der Waals surface area (Å²) in [6.45, 7) is -1.80. The lowest BCUT2D eigenvalue weighted by Crippen LogP contribution is -2.15. The van der Waals surface area contributed by atoms with E-state index in [9.17, 15) is 22.4 Å². The van der Waals surface area contributed by atoms with Crippen LogP contribution in [-0.4, -0.2) is 17.7 Å². The average molecular weight is 445 g/mol. The Morgan fingerprint density at radius 3 is 2.60 bits per heavy atom. The predicted molar refractivity (Wildman–Crippen MR) is 98.0 cm³/mol. The van der Waals surface area contributed by atoms with Crippen LogP contribution in [0.5, 0.6) is 11.5 Å². The molecule has 0 spiro atoms. The maximum atomic E-state index is 13.7. The van der Waals surface area contributed by atoms with Crippen molar-refractivity contribution in [1.82, 2.24) is 5.16 Å². The van der Waals surface area contributed by atoms with Crippen LogP contribution in [-0.2, 0) is 6.61 Å². The van der Waals surface area contributed by atoms with Crippen molar-refractivity contribution in [2.24, 2.45) is 0 Å². The maximum absolute atomic E-state index is 13.7. The van der Waals surface area contributed by atoms with E-state index in [0.29, 0.717) is 6.07 Å². The molecule has 1 heterocycles. The van der Waals surface area contributed by atoms with Crippen LogP contribution in [0, 0.1) is 18.6 Å². The second kappa shape index (κ2) is 9.04. The molecule has 1 aromatic heterocycles. The van der Waals surface area contributed by atoms with Crippen molar-refractivity contribution in [1.29, 1.82) is 0 Å². The molecule has 1 N–H and O–H groups in total. The lowest BCUT2D eigenvalue weighted by atomic mass is 10.2. The Morgan fingerprint density at radius 1 is 1.20 bits per heavy atom. The second-order valence-electron chi connectivity index (χ2n) is 5.91. The van der Waals surface area contributed by atoms with Crippen molar-refractivity contribution in [3.63, 3.8) is 0 Å². The third kappa shape index (κ3) is 5.01. The summed E-state index contributed by atoms with van der Waals surface area (Å²) < 4.78 is 65.8. The van der Waals surface area contributed by atoms with Gasteiger partial charge in [-0.25, -0.2) is 8.78 Å². The summed E-state index contributed by atoms with van der Waals surface area (Å²) in [6.07, 6.45) is 0. The minimum atomic E-state index is -3.05. The highest BCUT2D eigenvalue weighted by Crippen LogP contribution is 2.29. The molecule has 0 aliphatic heterocycles. The van der Waals surface area contributed by atoms with Crippen LogP contribution in [0.15, 0.2) is 40.9 Å². The number of nitrogens with zero attached hydrogens (tertiary/aromatic N) is 1. The fourth-order valence-corrected chi connectivity index (χ4v) is 2.67. The van der Waals surface area contributed by atoms with Gasteiger partial charge in [0.2, 0.25) is 0 Å². The number of benzene rings is 2. The van der Waals surface area contributed by atoms with Gasteiger partial charge >= 0.3 is 6.61 Å². The molecule has 0 saturated heterocycles. The lowest BCUT2D eigenvalue weighted by Gasteiger charge is -2.10. The van der Waals surface area contributed by atoms with E-state index in [1.807, 2.05) is 0 Å². The molecule has 0 unspecified atom stereocenters. The van der Waals surface area contributed by atoms with Gasteiger partial charge in [-0.1, -0.05) is 16.8 Å². The molecular weight excluding hydrogens is 432 g/mol. The first-order chi connectivity index (χ1) is 14.2. The van der Waals surface area contributed by atoms with Crippen LogP contribution in [0.25, 0.3) is 0 Å². The molecule has 0 aliphatic carbocycles. The predicted octanol–water partition coefficient (Wildman–Crippen LogP) is 5.35. The van der Waals surface area contributed by atoms with E-state index >= 15 is 0 Å². The van der Waals surface area contributed by atoms with Gasteiger partial charge in [-0.2, -0.15) is 8.78 Å². The number of rotatable bonds is 7. The summed E-state index contributed by atoms with van der Waals surface area (Å²) in [5.74, 6) is -2.59. The van der Waals surface area contributed by atoms with E-state index in [1.165, 1.54) is 25.1 Å². The molecule has 30 heavy (non-hydrogen) atoms. The van der Waals surface area contributed by atoms with E-state index in [0.717, 1.165) is 12.1 Å². The Morgan fingerprint density at radius 2 is 1.93 bits per heavy atom. The molecule has 3 aromatic rings. The number of halogens is 5. The Bertz CT molecular complexity index is 1070. The first-order valence-electron chi connectivity index (χ1n) is 8.33. The molecule has 0 bridgehead atoms. The molecule has 3 rings (SSSR count). The molecule has 158 valence electrons. The number of carbonyl (C=O) groups is 1. The van der Waals surface area contributed by atoms with Crippen molar-refractivity contribution in [2.75, 3.05) is 5.32 Å². The number of nitrogens with one attached hydrogen (secondary N) is 1. The zero-order valence-electron chi connectivity index (χ0n) is 15.2. The van der Waals surface area contributed by atoms with Crippen LogP contribution in [0.4, 0.5) is 23.2 Å². The van der Waals surface area contributed by atoms with Crippen LogP contribution < -0.4 is 14.8 Å². The first kappa shape index (κ1) is 21.4. The van der Waals surface area contributed by atoms with Crippen molar-refractivity contribution >= 4 is 23.2 Å². The molecule has 2 aromatic carbocycles. The first-order valence-corrected chi connectivity index (χ1v) is 8.71. The molecule has 0 saturated carbocycles. The quantitative estimate of drug-likeness (QED) is 0.497. The smallest absolute Gasteiger partial charge is 0.387 e. The van der Waals surface area contributed by atoms with Gasteiger partial charge in [-0.15, -0.1) is 0 Å². The molecule has 0 atom stereocenters. The van der Waals surface area contributed by atoms with E-state index < -0.39 is 24.2 Å². The van der Waals surface area contributed by atoms with Gasteiger partial charge in [0.15, 0.2) is 17.3 Å². The number of amides is 1. The monoisotopic (exact) mass is 444 g/mol. The summed E-state index contributed by atoms with van der Waals surface area (Å²) in [4.78, 5) is 12.5. The number of carbonyl (C=O) groups excluding carboxylic acids is 1. The number of hydrogen-bond acceptors (Lipinski definition) is 5. The summed E-state index contributed by atoms with van der Waals surface area (Å²) in [7, 11) is 0. The van der Waals surface area contributed by atoms with Crippen LogP contribution in [0.2, 0.25) is 5.02 Å². The fourth-order valence-electron chi connectivity index (χ4n) is 2.44. The number of hydrogen-bond donors (Lipinski definition) is 1. The maximum Gasteiger partial charge on any atom is 0.387 e. The van der Waals surface area contributed by atoms with E-state index in [1.54, 1.807) is 0 Å². The Kier molecular flexibility index (Phi) is 6.46. The second-order valence-corrected chi connectivity index (χ2v) is 6.31. The standard InChI is InChI=1S/C19H13ClF4N2O4/c1-9-12(8-28-16-4-2-10(21)6-14(16)22)17(26-30-9)18(27)25-11-3-5-15(13(20)7-11)29-19(23)24/h2-7,19H,8H2,1H3,(H,25,27). The van der Waals surface area contributed by atoms with Crippen LogP contribution >= 0.6 is 11.6 Å². The number of ether oxygens (including phenoxy) is 2. The molecule has 11 heteroatoms. The summed E-state index contributed by atoms with van der Waals surface area (Å²) in [5.41, 5.74) is 0.280. The number of aryl methyl sites for hydroxylation is 1. The molecule has 0 radical (unpaired) electrons. The number of aromatic nitrogens is 1. The van der Waals surface area contributed by atoms with Crippen LogP contribution in [0.3, 0.4) is 0 Å². The van der Waals surface area contributed by atoms with Crippen molar-refractivity contribution in [3.05, 3.63) is 70.1 Å². The van der Waals surface area contributed by atoms with E-state index in [-0.39, 0.29) is 45.8 Å². The van der Waals surface area contributed by atoms with Crippen molar-refractivity contribution in [2.45, 2.75) is 20.1 Å². The molecule has 1 amide bonds. The van der Waals surface area contributed by atoms with Gasteiger partial charge < -0.3 is 19.3 Å². The average Bonchev–Trinajstić information content (AvgIpc) is 3.04.